The van der Waals surface area contributed by atoms with E-state index in [1.807, 2.05) is 12.1 Å². The minimum atomic E-state index is -0.556. The van der Waals surface area contributed by atoms with Gasteiger partial charge in [0.1, 0.15) is 0 Å². The van der Waals surface area contributed by atoms with Crippen LogP contribution >= 0.6 is 0 Å². The summed E-state index contributed by atoms with van der Waals surface area (Å²) in [7, 11) is 0. The van der Waals surface area contributed by atoms with Crippen molar-refractivity contribution in [3.05, 3.63) is 100 Å². The molecule has 2 aromatic rings. The van der Waals surface area contributed by atoms with E-state index in [9.17, 15) is 14.4 Å². The average molecular weight is 427 g/mol. The van der Waals surface area contributed by atoms with E-state index in [4.69, 9.17) is 5.73 Å². The highest BCUT2D eigenvalue weighted by Crippen LogP contribution is 2.33. The van der Waals surface area contributed by atoms with E-state index in [1.54, 1.807) is 18.2 Å². The van der Waals surface area contributed by atoms with Gasteiger partial charge in [0, 0.05) is 11.1 Å². The predicted octanol–water partition coefficient (Wildman–Crippen LogP) is 4.12. The molecule has 0 unspecified atom stereocenters. The molecular formula is C27H26N2O3. The summed E-state index contributed by atoms with van der Waals surface area (Å²) in [6, 6.07) is 16.1. The molecule has 0 bridgehead atoms. The van der Waals surface area contributed by atoms with E-state index in [-0.39, 0.29) is 23.3 Å². The van der Waals surface area contributed by atoms with Gasteiger partial charge in [-0.25, -0.2) is 4.90 Å². The summed E-state index contributed by atoms with van der Waals surface area (Å²) < 4.78 is 0. The Morgan fingerprint density at radius 1 is 0.875 bits per heavy atom. The third kappa shape index (κ3) is 4.06. The van der Waals surface area contributed by atoms with Crippen molar-refractivity contribution in [2.75, 3.05) is 4.90 Å². The zero-order valence-corrected chi connectivity index (χ0v) is 18.5. The molecule has 3 amide bonds. The number of allylic oxidation sites excluding steroid dienone is 3. The zero-order valence-electron chi connectivity index (χ0n) is 18.5. The standard InChI is InChI=1S/C27H26N2O3/c1-27(2,3)20-10-4-17(5-11-20)16-18-6-12-21(13-7-18)29-25(31)22-14-8-19(24(28)30)9-15-23(22)26(29)32/h4-8,10-15H,9,16H2,1-3H3,(H2,28,30). The number of carbonyl (C=O) groups excluding carboxylic acids is 3. The Morgan fingerprint density at radius 3 is 2.00 bits per heavy atom. The number of anilines is 1. The lowest BCUT2D eigenvalue weighted by molar-refractivity contribution is -0.120. The van der Waals surface area contributed by atoms with Gasteiger partial charge in [0.15, 0.2) is 0 Å². The molecule has 2 aromatic carbocycles. The molecule has 5 heteroatoms. The second-order valence-electron chi connectivity index (χ2n) is 9.19. The molecule has 0 aromatic heterocycles. The molecule has 1 fully saturated rings. The van der Waals surface area contributed by atoms with Gasteiger partial charge in [0.25, 0.3) is 11.8 Å². The Kier molecular flexibility index (Phi) is 5.43. The number of fused-ring (bicyclic) bond motifs is 1. The summed E-state index contributed by atoms with van der Waals surface area (Å²) >= 11 is 0. The first kappa shape index (κ1) is 21.5. The van der Waals surface area contributed by atoms with Crippen molar-refractivity contribution in [3.63, 3.8) is 0 Å². The van der Waals surface area contributed by atoms with Gasteiger partial charge in [-0.15, -0.1) is 0 Å². The number of primary amides is 1. The van der Waals surface area contributed by atoms with Gasteiger partial charge in [0.05, 0.1) is 11.3 Å². The highest BCUT2D eigenvalue weighted by molar-refractivity contribution is 6.37. The SMILES string of the molecule is CC(C)(C)c1ccc(Cc2ccc(N3C(=O)C4=CC=C(C(N)=O)CC=C4C3=O)cc2)cc1. The van der Waals surface area contributed by atoms with Gasteiger partial charge in [-0.3, -0.25) is 14.4 Å². The predicted molar refractivity (Wildman–Crippen MR) is 125 cm³/mol. The molecule has 2 N–H and O–H groups in total. The number of carbonyl (C=O) groups is 3. The third-order valence-electron chi connectivity index (χ3n) is 5.87. The van der Waals surface area contributed by atoms with Crippen LogP contribution in [0.1, 0.15) is 43.9 Å². The van der Waals surface area contributed by atoms with Gasteiger partial charge in [-0.1, -0.05) is 69.3 Å². The van der Waals surface area contributed by atoms with Gasteiger partial charge in [0.2, 0.25) is 5.91 Å². The first-order valence-electron chi connectivity index (χ1n) is 10.6. The normalized spacial score (nSPS) is 16.2. The summed E-state index contributed by atoms with van der Waals surface area (Å²) in [5.74, 6) is -1.33. The van der Waals surface area contributed by atoms with E-state index >= 15 is 0 Å². The van der Waals surface area contributed by atoms with Crippen LogP contribution in [0.5, 0.6) is 0 Å². The van der Waals surface area contributed by atoms with Crippen LogP contribution in [-0.4, -0.2) is 17.7 Å². The van der Waals surface area contributed by atoms with Gasteiger partial charge < -0.3 is 5.73 Å². The van der Waals surface area contributed by atoms with E-state index in [2.05, 4.69) is 45.0 Å². The van der Waals surface area contributed by atoms with Crippen LogP contribution in [0.25, 0.3) is 0 Å². The molecule has 0 radical (unpaired) electrons. The van der Waals surface area contributed by atoms with Crippen LogP contribution < -0.4 is 10.6 Å². The minimum Gasteiger partial charge on any atom is -0.366 e. The van der Waals surface area contributed by atoms with Crippen molar-refractivity contribution in [2.24, 2.45) is 5.73 Å². The largest absolute Gasteiger partial charge is 0.366 e. The Bertz CT molecular complexity index is 1190. The average Bonchev–Trinajstić information content (AvgIpc) is 2.89. The highest BCUT2D eigenvalue weighted by atomic mass is 16.2. The molecule has 162 valence electrons. The van der Waals surface area contributed by atoms with Crippen molar-refractivity contribution in [1.82, 2.24) is 0 Å². The summed E-state index contributed by atoms with van der Waals surface area (Å²) in [6.07, 6.45) is 5.62. The second-order valence-corrected chi connectivity index (χ2v) is 9.19. The highest BCUT2D eigenvalue weighted by Gasteiger charge is 2.39. The molecule has 1 aliphatic heterocycles. The number of imide groups is 1. The van der Waals surface area contributed by atoms with Crippen LogP contribution in [0.15, 0.2) is 83.5 Å². The Balaban J connectivity index is 1.53. The number of amides is 3. The van der Waals surface area contributed by atoms with Gasteiger partial charge in [-0.2, -0.15) is 0 Å². The van der Waals surface area contributed by atoms with Crippen LogP contribution in [0.4, 0.5) is 5.69 Å². The Morgan fingerprint density at radius 2 is 1.44 bits per heavy atom. The summed E-state index contributed by atoms with van der Waals surface area (Å²) in [6.45, 7) is 6.58. The maximum atomic E-state index is 12.9. The van der Waals surface area contributed by atoms with Crippen LogP contribution in [0.3, 0.4) is 0 Å². The van der Waals surface area contributed by atoms with E-state index in [1.165, 1.54) is 28.2 Å². The molecule has 1 aliphatic carbocycles. The van der Waals surface area contributed by atoms with Gasteiger partial charge in [-0.05, 0) is 53.2 Å². The molecular weight excluding hydrogens is 400 g/mol. The zero-order chi connectivity index (χ0) is 23.0. The fourth-order valence-electron chi connectivity index (χ4n) is 3.92. The van der Waals surface area contributed by atoms with Crippen molar-refractivity contribution >= 4 is 23.4 Å². The summed E-state index contributed by atoms with van der Waals surface area (Å²) in [5, 5.41) is 0. The number of nitrogens with zero attached hydrogens (tertiary/aromatic N) is 1. The molecule has 0 atom stereocenters. The smallest absolute Gasteiger partial charge is 0.266 e. The number of benzene rings is 2. The van der Waals surface area contributed by atoms with E-state index < -0.39 is 11.8 Å². The molecule has 5 nitrogen and oxygen atoms in total. The van der Waals surface area contributed by atoms with E-state index in [0.29, 0.717) is 16.8 Å². The quantitative estimate of drug-likeness (QED) is 0.747. The van der Waals surface area contributed by atoms with Crippen LogP contribution in [0.2, 0.25) is 0 Å². The maximum Gasteiger partial charge on any atom is 0.266 e. The third-order valence-corrected chi connectivity index (χ3v) is 5.87. The molecule has 1 saturated heterocycles. The van der Waals surface area contributed by atoms with Crippen LogP contribution in [-0.2, 0) is 26.2 Å². The first-order valence-corrected chi connectivity index (χ1v) is 10.6. The molecule has 2 aliphatic rings. The topological polar surface area (TPSA) is 80.5 Å². The fraction of sp³-hybridized carbons (Fsp3) is 0.222. The molecule has 0 saturated carbocycles. The molecule has 1 heterocycles. The fourth-order valence-corrected chi connectivity index (χ4v) is 3.92. The number of rotatable bonds is 4. The summed E-state index contributed by atoms with van der Waals surface area (Å²) in [5.41, 5.74) is 10.5. The van der Waals surface area contributed by atoms with E-state index in [0.717, 1.165) is 12.0 Å². The maximum absolute atomic E-state index is 12.9. The lowest BCUT2D eigenvalue weighted by Crippen LogP contribution is -2.29. The second kappa shape index (κ2) is 8.08. The van der Waals surface area contributed by atoms with Gasteiger partial charge >= 0.3 is 0 Å². The van der Waals surface area contributed by atoms with Crippen molar-refractivity contribution < 1.29 is 14.4 Å². The molecule has 0 spiro atoms. The first-order chi connectivity index (χ1) is 15.1. The van der Waals surface area contributed by atoms with Crippen LogP contribution in [0, 0.1) is 0 Å². The molecule has 4 rings (SSSR count). The Labute approximate surface area is 187 Å². The molecule has 32 heavy (non-hydrogen) atoms. The van der Waals surface area contributed by atoms with Crippen molar-refractivity contribution in [2.45, 2.75) is 39.0 Å². The number of hydrogen-bond donors (Lipinski definition) is 1. The Hall–Kier alpha value is -3.73. The number of nitrogens with two attached hydrogens (primary N) is 1. The lowest BCUT2D eigenvalue weighted by atomic mass is 9.86. The minimum absolute atomic E-state index is 0.118. The van der Waals surface area contributed by atoms with Crippen molar-refractivity contribution in [3.8, 4) is 0 Å². The number of hydrogen-bond acceptors (Lipinski definition) is 3. The lowest BCUT2D eigenvalue weighted by Gasteiger charge is -2.19. The monoisotopic (exact) mass is 426 g/mol. The summed E-state index contributed by atoms with van der Waals surface area (Å²) in [4.78, 5) is 38.4. The van der Waals surface area contributed by atoms with Crippen molar-refractivity contribution in [1.29, 1.82) is 0 Å².